The highest BCUT2D eigenvalue weighted by Crippen LogP contribution is 2.19. The molecule has 0 fully saturated rings. The Morgan fingerprint density at radius 2 is 2.16 bits per heavy atom. The maximum absolute atomic E-state index is 12.0. The van der Waals surface area contributed by atoms with Crippen LogP contribution in [0.15, 0.2) is 11.6 Å². The Kier molecular flexibility index (Phi) is 7.02. The number of carbonyl (C=O) groups is 1. The van der Waals surface area contributed by atoms with E-state index in [4.69, 9.17) is 0 Å². The van der Waals surface area contributed by atoms with Crippen LogP contribution in [0.4, 0.5) is 0 Å². The zero-order valence-corrected chi connectivity index (χ0v) is 13.1. The molecule has 0 spiro atoms. The summed E-state index contributed by atoms with van der Waals surface area (Å²) < 4.78 is 0. The molecule has 1 rings (SSSR count). The minimum atomic E-state index is -0.194. The molecule has 2 unspecified atom stereocenters. The molecule has 1 amide bonds. The van der Waals surface area contributed by atoms with Crippen LogP contribution < -0.4 is 10.6 Å². The van der Waals surface area contributed by atoms with Crippen LogP contribution in [0.3, 0.4) is 0 Å². The number of thiazole rings is 1. The van der Waals surface area contributed by atoms with E-state index in [1.807, 2.05) is 12.3 Å². The van der Waals surface area contributed by atoms with Gasteiger partial charge in [0, 0.05) is 18.1 Å². The topological polar surface area (TPSA) is 54.0 Å². The predicted octanol–water partition coefficient (Wildman–Crippen LogP) is 2.73. The first-order chi connectivity index (χ1) is 9.04. The highest BCUT2D eigenvalue weighted by molar-refractivity contribution is 7.09. The Morgan fingerprint density at radius 3 is 2.68 bits per heavy atom. The summed E-state index contributed by atoms with van der Waals surface area (Å²) >= 11 is 1.63. The summed E-state index contributed by atoms with van der Waals surface area (Å²) in [6, 6.07) is -0.0353. The maximum atomic E-state index is 12.0. The lowest BCUT2D eigenvalue weighted by Gasteiger charge is -2.20. The number of nitrogens with one attached hydrogen (secondary N) is 2. The van der Waals surface area contributed by atoms with E-state index in [2.05, 4.69) is 36.4 Å². The highest BCUT2D eigenvalue weighted by Gasteiger charge is 2.19. The quantitative estimate of drug-likeness (QED) is 0.771. The highest BCUT2D eigenvalue weighted by atomic mass is 32.1. The molecule has 1 aromatic heterocycles. The summed E-state index contributed by atoms with van der Waals surface area (Å²) in [7, 11) is 0. The Balaban J connectivity index is 2.40. The van der Waals surface area contributed by atoms with Gasteiger partial charge < -0.3 is 5.32 Å². The van der Waals surface area contributed by atoms with Crippen molar-refractivity contribution in [1.82, 2.24) is 15.6 Å². The van der Waals surface area contributed by atoms with Crippen molar-refractivity contribution in [3.05, 3.63) is 16.6 Å². The summed E-state index contributed by atoms with van der Waals surface area (Å²) in [5, 5.41) is 9.32. The van der Waals surface area contributed by atoms with Crippen molar-refractivity contribution in [2.75, 3.05) is 6.54 Å². The van der Waals surface area contributed by atoms with Gasteiger partial charge in [-0.3, -0.25) is 10.1 Å². The molecule has 2 atom stereocenters. The fourth-order valence-corrected chi connectivity index (χ4v) is 2.57. The fourth-order valence-electron chi connectivity index (χ4n) is 1.78. The van der Waals surface area contributed by atoms with Crippen molar-refractivity contribution in [2.45, 2.75) is 52.6 Å². The van der Waals surface area contributed by atoms with E-state index in [0.29, 0.717) is 5.92 Å². The lowest BCUT2D eigenvalue weighted by molar-refractivity contribution is -0.123. The number of nitrogens with zero attached hydrogens (tertiary/aromatic N) is 1. The van der Waals surface area contributed by atoms with Gasteiger partial charge in [0.2, 0.25) is 5.91 Å². The molecule has 0 aliphatic rings. The molecule has 0 bridgehead atoms. The van der Waals surface area contributed by atoms with Crippen LogP contribution in [0.5, 0.6) is 0 Å². The summed E-state index contributed by atoms with van der Waals surface area (Å²) in [5.41, 5.74) is 0. The number of hydrogen-bond acceptors (Lipinski definition) is 4. The van der Waals surface area contributed by atoms with Gasteiger partial charge in [-0.25, -0.2) is 4.98 Å². The second kappa shape index (κ2) is 8.27. The second-order valence-corrected chi connectivity index (χ2v) is 6.12. The number of rotatable bonds is 8. The third-order valence-corrected chi connectivity index (χ3v) is 3.91. The van der Waals surface area contributed by atoms with Crippen LogP contribution in [-0.2, 0) is 4.79 Å². The first-order valence-corrected chi connectivity index (χ1v) is 7.85. The molecule has 0 aromatic carbocycles. The van der Waals surface area contributed by atoms with Gasteiger partial charge >= 0.3 is 0 Å². The SMILES string of the molecule is CCC(NC(C)C(=O)NCCC(C)C)c1nccs1. The maximum Gasteiger partial charge on any atom is 0.236 e. The molecular formula is C14H25N3OS. The largest absolute Gasteiger partial charge is 0.355 e. The molecule has 2 N–H and O–H groups in total. The van der Waals surface area contributed by atoms with E-state index in [9.17, 15) is 4.79 Å². The molecule has 19 heavy (non-hydrogen) atoms. The monoisotopic (exact) mass is 283 g/mol. The zero-order valence-electron chi connectivity index (χ0n) is 12.3. The van der Waals surface area contributed by atoms with Crippen LogP contribution in [0.25, 0.3) is 0 Å². The van der Waals surface area contributed by atoms with Crippen LogP contribution in [-0.4, -0.2) is 23.5 Å². The van der Waals surface area contributed by atoms with Gasteiger partial charge in [-0.1, -0.05) is 20.8 Å². The average Bonchev–Trinajstić information content (AvgIpc) is 2.88. The van der Waals surface area contributed by atoms with Gasteiger partial charge in [-0.05, 0) is 25.7 Å². The smallest absolute Gasteiger partial charge is 0.236 e. The molecule has 0 radical (unpaired) electrons. The van der Waals surface area contributed by atoms with Gasteiger partial charge in [-0.2, -0.15) is 0 Å². The third kappa shape index (κ3) is 5.70. The van der Waals surface area contributed by atoms with E-state index >= 15 is 0 Å². The van der Waals surface area contributed by atoms with Crippen molar-refractivity contribution in [3.8, 4) is 0 Å². The van der Waals surface area contributed by atoms with Gasteiger partial charge in [0.25, 0.3) is 0 Å². The molecule has 108 valence electrons. The van der Waals surface area contributed by atoms with E-state index in [1.165, 1.54) is 0 Å². The zero-order chi connectivity index (χ0) is 14.3. The van der Waals surface area contributed by atoms with Crippen molar-refractivity contribution < 1.29 is 4.79 Å². The first-order valence-electron chi connectivity index (χ1n) is 6.97. The molecule has 5 heteroatoms. The summed E-state index contributed by atoms with van der Waals surface area (Å²) in [4.78, 5) is 16.3. The third-order valence-electron chi connectivity index (χ3n) is 3.02. The molecular weight excluding hydrogens is 258 g/mol. The molecule has 0 saturated carbocycles. The van der Waals surface area contributed by atoms with E-state index in [-0.39, 0.29) is 18.0 Å². The predicted molar refractivity (Wildman–Crippen MR) is 80.2 cm³/mol. The standard InChI is InChI=1S/C14H25N3OS/c1-5-12(14-16-8-9-19-14)17-11(4)13(18)15-7-6-10(2)3/h8-12,17H,5-7H2,1-4H3,(H,15,18). The van der Waals surface area contributed by atoms with Crippen LogP contribution >= 0.6 is 11.3 Å². The Morgan fingerprint density at radius 1 is 1.42 bits per heavy atom. The fraction of sp³-hybridized carbons (Fsp3) is 0.714. The van der Waals surface area contributed by atoms with Crippen molar-refractivity contribution in [1.29, 1.82) is 0 Å². The van der Waals surface area contributed by atoms with Crippen LogP contribution in [0, 0.1) is 5.92 Å². The number of aromatic nitrogens is 1. The summed E-state index contributed by atoms with van der Waals surface area (Å²) in [5.74, 6) is 0.679. The van der Waals surface area contributed by atoms with Gasteiger partial charge in [0.15, 0.2) is 0 Å². The molecule has 0 saturated heterocycles. The minimum absolute atomic E-state index is 0.0654. The van der Waals surface area contributed by atoms with Crippen molar-refractivity contribution >= 4 is 17.2 Å². The summed E-state index contributed by atoms with van der Waals surface area (Å²) in [6.45, 7) is 9.06. The lowest BCUT2D eigenvalue weighted by Crippen LogP contribution is -2.44. The van der Waals surface area contributed by atoms with Gasteiger partial charge in [-0.15, -0.1) is 11.3 Å². The van der Waals surface area contributed by atoms with Crippen LogP contribution in [0.2, 0.25) is 0 Å². The Labute approximate surface area is 120 Å². The molecule has 0 aliphatic heterocycles. The van der Waals surface area contributed by atoms with E-state index in [1.54, 1.807) is 17.5 Å². The molecule has 0 aliphatic carbocycles. The molecule has 1 heterocycles. The second-order valence-electron chi connectivity index (χ2n) is 5.19. The minimum Gasteiger partial charge on any atom is -0.355 e. The number of hydrogen-bond donors (Lipinski definition) is 2. The van der Waals surface area contributed by atoms with Crippen LogP contribution in [0.1, 0.15) is 51.6 Å². The van der Waals surface area contributed by atoms with Crippen molar-refractivity contribution in [3.63, 3.8) is 0 Å². The summed E-state index contributed by atoms with van der Waals surface area (Å²) in [6.07, 6.45) is 3.75. The molecule has 4 nitrogen and oxygen atoms in total. The first kappa shape index (κ1) is 16.1. The van der Waals surface area contributed by atoms with Gasteiger partial charge in [0.05, 0.1) is 12.1 Å². The van der Waals surface area contributed by atoms with Gasteiger partial charge in [0.1, 0.15) is 5.01 Å². The lowest BCUT2D eigenvalue weighted by atomic mass is 10.1. The Bertz CT molecular complexity index is 365. The Hall–Kier alpha value is -0.940. The normalized spacial score (nSPS) is 14.4. The average molecular weight is 283 g/mol. The number of amides is 1. The van der Waals surface area contributed by atoms with E-state index < -0.39 is 0 Å². The van der Waals surface area contributed by atoms with E-state index in [0.717, 1.165) is 24.4 Å². The van der Waals surface area contributed by atoms with Crippen molar-refractivity contribution in [2.24, 2.45) is 5.92 Å². The molecule has 1 aromatic rings. The number of carbonyl (C=O) groups excluding carboxylic acids is 1.